The predicted molar refractivity (Wildman–Crippen MR) is 94.7 cm³/mol. The standard InChI is InChI=1S/C18H25N3O4/c1-17(2,3)11-8-19-15(20-16(23)24)13(14(11)18(4,5)6)12-7-10(9-22)21-25-12/h7-8,22H,9H2,1-6H3,(H,19,20)(H,23,24). The molecule has 2 heterocycles. The van der Waals surface area contributed by atoms with Gasteiger partial charge in [0.25, 0.3) is 0 Å². The molecule has 0 bridgehead atoms. The summed E-state index contributed by atoms with van der Waals surface area (Å²) in [7, 11) is 0. The smallest absolute Gasteiger partial charge is 0.410 e. The first-order valence-electron chi connectivity index (χ1n) is 8.06. The number of nitrogens with one attached hydrogen (secondary N) is 1. The third kappa shape index (κ3) is 3.99. The van der Waals surface area contributed by atoms with E-state index in [1.54, 1.807) is 12.3 Å². The lowest BCUT2D eigenvalue weighted by Gasteiger charge is -2.32. The average Bonchev–Trinajstić information content (AvgIpc) is 2.92. The van der Waals surface area contributed by atoms with Gasteiger partial charge in [-0.3, -0.25) is 5.32 Å². The summed E-state index contributed by atoms with van der Waals surface area (Å²) < 4.78 is 5.38. The topological polar surface area (TPSA) is 108 Å². The Hall–Kier alpha value is -2.41. The maximum absolute atomic E-state index is 11.2. The van der Waals surface area contributed by atoms with Crippen LogP contribution in [-0.4, -0.2) is 26.4 Å². The number of carbonyl (C=O) groups is 1. The van der Waals surface area contributed by atoms with E-state index in [2.05, 4.69) is 57.0 Å². The van der Waals surface area contributed by atoms with Crippen molar-refractivity contribution in [3.8, 4) is 11.3 Å². The molecule has 2 rings (SSSR count). The van der Waals surface area contributed by atoms with Gasteiger partial charge in [-0.15, -0.1) is 0 Å². The van der Waals surface area contributed by atoms with E-state index in [0.29, 0.717) is 17.0 Å². The quantitative estimate of drug-likeness (QED) is 0.776. The third-order valence-corrected chi connectivity index (χ3v) is 3.83. The van der Waals surface area contributed by atoms with Crippen molar-refractivity contribution < 1.29 is 19.5 Å². The largest absolute Gasteiger partial charge is 0.465 e. The third-order valence-electron chi connectivity index (χ3n) is 3.83. The first kappa shape index (κ1) is 18.9. The minimum atomic E-state index is -1.21. The van der Waals surface area contributed by atoms with E-state index in [-0.39, 0.29) is 23.3 Å². The predicted octanol–water partition coefficient (Wildman–Crippen LogP) is 3.91. The second-order valence-electron chi connectivity index (χ2n) is 8.04. The van der Waals surface area contributed by atoms with Crippen molar-refractivity contribution >= 4 is 11.9 Å². The van der Waals surface area contributed by atoms with Crippen molar-refractivity contribution in [1.29, 1.82) is 0 Å². The van der Waals surface area contributed by atoms with Gasteiger partial charge in [0.05, 0.1) is 12.2 Å². The van der Waals surface area contributed by atoms with E-state index in [1.165, 1.54) is 0 Å². The minimum Gasteiger partial charge on any atom is -0.465 e. The van der Waals surface area contributed by atoms with Gasteiger partial charge < -0.3 is 14.7 Å². The molecule has 3 N–H and O–H groups in total. The summed E-state index contributed by atoms with van der Waals surface area (Å²) >= 11 is 0. The lowest BCUT2D eigenvalue weighted by Crippen LogP contribution is -2.25. The molecule has 0 aromatic carbocycles. The maximum atomic E-state index is 11.2. The van der Waals surface area contributed by atoms with Gasteiger partial charge in [0.15, 0.2) is 5.76 Å². The van der Waals surface area contributed by atoms with Gasteiger partial charge in [-0.1, -0.05) is 46.7 Å². The van der Waals surface area contributed by atoms with Gasteiger partial charge in [-0.05, 0) is 22.0 Å². The summed E-state index contributed by atoms with van der Waals surface area (Å²) in [5.41, 5.74) is 2.34. The Morgan fingerprint density at radius 3 is 2.28 bits per heavy atom. The average molecular weight is 347 g/mol. The summed E-state index contributed by atoms with van der Waals surface area (Å²) in [6.07, 6.45) is 0.498. The zero-order valence-electron chi connectivity index (χ0n) is 15.5. The normalized spacial score (nSPS) is 12.3. The van der Waals surface area contributed by atoms with E-state index < -0.39 is 6.09 Å². The highest BCUT2D eigenvalue weighted by Gasteiger charge is 2.32. The fourth-order valence-electron chi connectivity index (χ4n) is 2.80. The molecular formula is C18H25N3O4. The number of hydrogen-bond donors (Lipinski definition) is 3. The molecule has 0 spiro atoms. The number of aliphatic hydroxyl groups excluding tert-OH is 1. The Bertz CT molecular complexity index is 783. The number of nitrogens with zero attached hydrogens (tertiary/aromatic N) is 2. The van der Waals surface area contributed by atoms with Crippen LogP contribution in [0, 0.1) is 0 Å². The van der Waals surface area contributed by atoms with Gasteiger partial charge in [0, 0.05) is 12.3 Å². The van der Waals surface area contributed by atoms with Crippen LogP contribution in [0.2, 0.25) is 0 Å². The second kappa shape index (κ2) is 6.48. The van der Waals surface area contributed by atoms with Crippen molar-refractivity contribution in [2.45, 2.75) is 59.0 Å². The fourth-order valence-corrected chi connectivity index (χ4v) is 2.80. The monoisotopic (exact) mass is 347 g/mol. The van der Waals surface area contributed by atoms with E-state index in [9.17, 15) is 15.0 Å². The number of hydrogen-bond acceptors (Lipinski definition) is 5. The molecule has 0 aliphatic carbocycles. The van der Waals surface area contributed by atoms with E-state index in [0.717, 1.165) is 11.1 Å². The zero-order chi connectivity index (χ0) is 19.0. The van der Waals surface area contributed by atoms with Gasteiger partial charge in [-0.25, -0.2) is 9.78 Å². The number of aliphatic hydroxyl groups is 1. The highest BCUT2D eigenvalue weighted by atomic mass is 16.5. The molecule has 1 amide bonds. The van der Waals surface area contributed by atoms with Crippen LogP contribution in [0.25, 0.3) is 11.3 Å². The molecule has 0 fully saturated rings. The lowest BCUT2D eigenvalue weighted by molar-refractivity contribution is 0.209. The Kier molecular flexibility index (Phi) is 4.90. The summed E-state index contributed by atoms with van der Waals surface area (Å²) in [5, 5.41) is 24.6. The van der Waals surface area contributed by atoms with Gasteiger partial charge in [0.2, 0.25) is 0 Å². The first-order valence-corrected chi connectivity index (χ1v) is 8.06. The van der Waals surface area contributed by atoms with Crippen molar-refractivity contribution in [3.63, 3.8) is 0 Å². The van der Waals surface area contributed by atoms with Crippen molar-refractivity contribution in [3.05, 3.63) is 29.1 Å². The van der Waals surface area contributed by atoms with Crippen LogP contribution in [0.15, 0.2) is 16.8 Å². The summed E-state index contributed by atoms with van der Waals surface area (Å²) in [5.74, 6) is 0.558. The molecule has 7 nitrogen and oxygen atoms in total. The van der Waals surface area contributed by atoms with E-state index in [4.69, 9.17) is 4.52 Å². The Balaban J connectivity index is 2.88. The van der Waals surface area contributed by atoms with Crippen LogP contribution in [0.5, 0.6) is 0 Å². The van der Waals surface area contributed by atoms with Gasteiger partial charge >= 0.3 is 6.09 Å². The van der Waals surface area contributed by atoms with Crippen LogP contribution in [-0.2, 0) is 17.4 Å². The van der Waals surface area contributed by atoms with Crippen LogP contribution in [0.4, 0.5) is 10.6 Å². The molecule has 0 saturated heterocycles. The fraction of sp³-hybridized carbons (Fsp3) is 0.500. The molecule has 0 radical (unpaired) electrons. The molecule has 2 aromatic heterocycles. The van der Waals surface area contributed by atoms with Crippen molar-refractivity contribution in [2.24, 2.45) is 0 Å². The van der Waals surface area contributed by atoms with Crippen LogP contribution in [0.1, 0.15) is 58.4 Å². The highest BCUT2D eigenvalue weighted by Crippen LogP contribution is 2.43. The number of anilines is 1. The van der Waals surface area contributed by atoms with Gasteiger partial charge in [-0.2, -0.15) is 0 Å². The maximum Gasteiger partial charge on any atom is 0.410 e. The Morgan fingerprint density at radius 2 is 1.84 bits per heavy atom. The van der Waals surface area contributed by atoms with Crippen LogP contribution in [0.3, 0.4) is 0 Å². The number of rotatable bonds is 3. The highest BCUT2D eigenvalue weighted by molar-refractivity contribution is 5.89. The molecule has 7 heteroatoms. The first-order chi connectivity index (χ1) is 11.4. The minimum absolute atomic E-state index is 0.186. The molecule has 0 atom stereocenters. The number of carboxylic acid groups (broad SMARTS) is 1. The molecule has 0 unspecified atom stereocenters. The van der Waals surface area contributed by atoms with Crippen LogP contribution < -0.4 is 5.32 Å². The van der Waals surface area contributed by atoms with E-state index >= 15 is 0 Å². The Morgan fingerprint density at radius 1 is 1.20 bits per heavy atom. The molecule has 0 aliphatic rings. The summed E-state index contributed by atoms with van der Waals surface area (Å²) in [4.78, 5) is 15.5. The molecule has 2 aromatic rings. The summed E-state index contributed by atoms with van der Waals surface area (Å²) in [6.45, 7) is 12.1. The number of amides is 1. The number of pyridine rings is 1. The zero-order valence-corrected chi connectivity index (χ0v) is 15.5. The lowest BCUT2D eigenvalue weighted by atomic mass is 9.73. The van der Waals surface area contributed by atoms with Gasteiger partial charge in [0.1, 0.15) is 11.5 Å². The molecule has 0 aliphatic heterocycles. The van der Waals surface area contributed by atoms with E-state index in [1.807, 2.05) is 0 Å². The molecule has 0 saturated carbocycles. The second-order valence-corrected chi connectivity index (χ2v) is 8.04. The van der Waals surface area contributed by atoms with Crippen molar-refractivity contribution in [1.82, 2.24) is 10.1 Å². The van der Waals surface area contributed by atoms with Crippen molar-refractivity contribution in [2.75, 3.05) is 5.32 Å². The molecule has 25 heavy (non-hydrogen) atoms. The summed E-state index contributed by atoms with van der Waals surface area (Å²) in [6, 6.07) is 1.60. The molecular weight excluding hydrogens is 322 g/mol. The SMILES string of the molecule is CC(C)(C)c1cnc(NC(=O)O)c(-c2cc(CO)no2)c1C(C)(C)C. The Labute approximate surface area is 147 Å². The molecule has 136 valence electrons. The number of aromatic nitrogens is 2. The van der Waals surface area contributed by atoms with Crippen LogP contribution >= 0.6 is 0 Å².